The molecule has 0 aromatic heterocycles. The van der Waals surface area contributed by atoms with E-state index in [2.05, 4.69) is 0 Å². The molecule has 0 fully saturated rings. The van der Waals surface area contributed by atoms with Gasteiger partial charge in [0.2, 0.25) is 0 Å². The van der Waals surface area contributed by atoms with Crippen molar-refractivity contribution in [2.24, 2.45) is 0 Å². The number of phosphoric acid groups is 1. The van der Waals surface area contributed by atoms with Crippen molar-refractivity contribution >= 4 is 62.9 Å². The second kappa shape index (κ2) is 18.0. The van der Waals surface area contributed by atoms with Gasteiger partial charge in [-0.25, -0.2) is 0 Å². The summed E-state index contributed by atoms with van der Waals surface area (Å²) in [6.07, 6.45) is 0. The van der Waals surface area contributed by atoms with Gasteiger partial charge in [0.05, 0.1) is 0 Å². The summed E-state index contributed by atoms with van der Waals surface area (Å²) in [5.74, 6) is 0. The Hall–Kier alpha value is 3.04. The minimum absolute atomic E-state index is 0. The van der Waals surface area contributed by atoms with E-state index in [1.54, 1.807) is 0 Å². The summed E-state index contributed by atoms with van der Waals surface area (Å²) in [6.45, 7) is 0. The van der Waals surface area contributed by atoms with Crippen LogP contribution in [0.15, 0.2) is 0 Å². The zero-order valence-electron chi connectivity index (χ0n) is 4.44. The first kappa shape index (κ1) is 38.1. The monoisotopic (exact) mass is 363 g/mol. The summed E-state index contributed by atoms with van der Waals surface area (Å²) in [5, 5.41) is 0. The number of halogens is 1. The Balaban J connectivity index is -0.00000000800. The summed E-state index contributed by atoms with van der Waals surface area (Å²) in [5.41, 5.74) is 0. The molecular weight excluding hydrogens is 364 g/mol. The molecule has 0 bridgehead atoms. The molecule has 0 aliphatic heterocycles. The van der Waals surface area contributed by atoms with Crippen LogP contribution < -0.4 is 19.4 Å². The fraction of sp³-hybridized carbons (Fsp3) is 0. The minimum Gasteiger partial charge on any atom is -2.00 e. The molecule has 1 radical (unpaired) electrons. The van der Waals surface area contributed by atoms with Crippen molar-refractivity contribution in [3.8, 4) is 0 Å². The molecule has 0 spiro atoms. The van der Waals surface area contributed by atoms with Crippen LogP contribution in [-0.2, 0) is 10.0 Å². The predicted molar refractivity (Wildman–Crippen MR) is 19.8 cm³/mol. The van der Waals surface area contributed by atoms with E-state index in [9.17, 15) is 0 Å². The van der Waals surface area contributed by atoms with E-state index < -0.39 is 7.82 Å². The Morgan fingerprint density at radius 1 is 1.10 bits per heavy atom. The van der Waals surface area contributed by atoms with Crippen LogP contribution in [0.1, 0.15) is 0 Å². The topological polar surface area (TPSA) is 115 Å². The molecule has 0 saturated carbocycles. The van der Waals surface area contributed by atoms with E-state index >= 15 is 0 Å². The third kappa shape index (κ3) is 120. The number of hydrogen-bond donors (Lipinski definition) is 0. The zero-order valence-corrected chi connectivity index (χ0v) is 10.5. The van der Waals surface area contributed by atoms with Crippen molar-refractivity contribution < 1.29 is 66.7 Å². The third-order valence-electron chi connectivity index (χ3n) is 0. The summed E-state index contributed by atoms with van der Waals surface area (Å²) in [7, 11) is -5.39. The molecule has 0 saturated heterocycles. The molecule has 0 aliphatic carbocycles. The van der Waals surface area contributed by atoms with Crippen LogP contribution in [0, 0.1) is 37.3 Å². The molecule has 5 nitrogen and oxygen atoms in total. The molecule has 10 heavy (non-hydrogen) atoms. The van der Waals surface area contributed by atoms with Gasteiger partial charge in [-0.05, 0) is 0 Å². The second-order valence-electron chi connectivity index (χ2n) is 0.447. The van der Waals surface area contributed by atoms with Crippen LogP contribution in [0.5, 0.6) is 0 Å². The second-order valence-corrected chi connectivity index (χ2v) is 1.34. The van der Waals surface area contributed by atoms with Crippen LogP contribution in [0.25, 0.3) is 0 Å². The quantitative estimate of drug-likeness (QED) is 0.314. The van der Waals surface area contributed by atoms with Gasteiger partial charge in [0.15, 0.2) is 0 Å². The molecule has 0 amide bonds. The van der Waals surface area contributed by atoms with Crippen molar-refractivity contribution in [3.63, 3.8) is 0 Å². The van der Waals surface area contributed by atoms with Crippen LogP contribution in [0.3, 0.4) is 0 Å². The SMILES string of the molecule is O=P([O-])([O-])[O-].[Al+3].[Ca+2].[Er+3].[F-].[O-2]. The molecule has 0 aliphatic rings. The average molecular weight is 364 g/mol. The fourth-order valence-electron chi connectivity index (χ4n) is 0. The van der Waals surface area contributed by atoms with Gasteiger partial charge in [-0.1, -0.05) is 0 Å². The normalized spacial score (nSPS) is 5.90. The first-order valence-corrected chi connectivity index (χ1v) is 2.19. The van der Waals surface area contributed by atoms with Crippen molar-refractivity contribution in [1.82, 2.24) is 0 Å². The van der Waals surface area contributed by atoms with E-state index in [0.717, 1.165) is 0 Å². The maximum Gasteiger partial charge on any atom is 3.00 e. The van der Waals surface area contributed by atoms with Crippen molar-refractivity contribution in [2.45, 2.75) is 0 Å². The van der Waals surface area contributed by atoms with E-state index in [1.165, 1.54) is 0 Å². The van der Waals surface area contributed by atoms with Crippen molar-refractivity contribution in [3.05, 3.63) is 0 Å². The molecule has 0 aromatic carbocycles. The van der Waals surface area contributed by atoms with Crippen LogP contribution in [0.2, 0.25) is 0 Å². The summed E-state index contributed by atoms with van der Waals surface area (Å²) >= 11 is 0. The molecule has 0 rings (SSSR count). The number of rotatable bonds is 0. The van der Waals surface area contributed by atoms with Gasteiger partial charge in [-0.2, -0.15) is 7.82 Å². The Kier molecular flexibility index (Phi) is 68.5. The van der Waals surface area contributed by atoms with E-state index in [1.807, 2.05) is 0 Å². The van der Waals surface area contributed by atoms with Gasteiger partial charge in [0.1, 0.15) is 0 Å². The standard InChI is InChI=1S/Al.Ca.Er.FH.H3O4P.O/c;;;;1-5(2,3)4;/h;;;1H;(H3,1,2,3,4);/q+3;+2;+3;;;-2/p-4. The molecule has 10 heteroatoms. The predicted octanol–water partition coefficient (Wildman–Crippen LogP) is -6.70. The van der Waals surface area contributed by atoms with Gasteiger partial charge >= 0.3 is 92.4 Å². The summed E-state index contributed by atoms with van der Waals surface area (Å²) < 4.78 is 8.55. The van der Waals surface area contributed by atoms with E-state index in [-0.39, 0.29) is 103 Å². The van der Waals surface area contributed by atoms with Gasteiger partial charge < -0.3 is 29.4 Å². The molecule has 0 atom stereocenters. The zero-order chi connectivity index (χ0) is 4.50. The molecule has 0 aromatic rings. The van der Waals surface area contributed by atoms with Gasteiger partial charge in [0, 0.05) is 0 Å². The first-order chi connectivity index (χ1) is 2.00. The maximum absolute atomic E-state index is 8.55. The molecule has 0 N–H and O–H groups in total. The van der Waals surface area contributed by atoms with Gasteiger partial charge in [-0.3, -0.25) is 0 Å². The van der Waals surface area contributed by atoms with E-state index in [0.29, 0.717) is 0 Å². The summed E-state index contributed by atoms with van der Waals surface area (Å²) in [6, 6.07) is 0. The maximum atomic E-state index is 8.55. The molecule has 57 valence electrons. The number of hydrogen-bond acceptors (Lipinski definition) is 4. The smallest absolute Gasteiger partial charge is 2.00 e. The molecule has 0 heterocycles. The van der Waals surface area contributed by atoms with Crippen LogP contribution in [0.4, 0.5) is 0 Å². The largest absolute Gasteiger partial charge is 3.00 e. The Bertz CT molecular complexity index is 67.8. The van der Waals surface area contributed by atoms with Gasteiger partial charge in [-0.15, -0.1) is 0 Å². The molecule has 0 unspecified atom stereocenters. The fourth-order valence-corrected chi connectivity index (χ4v) is 0. The molecular formula is AlCaErFO5P+2. The summed E-state index contributed by atoms with van der Waals surface area (Å²) in [4.78, 5) is 25.6. The Morgan fingerprint density at radius 2 is 1.10 bits per heavy atom. The first-order valence-electron chi connectivity index (χ1n) is 0.730. The van der Waals surface area contributed by atoms with Crippen LogP contribution in [-0.4, -0.2) is 55.1 Å². The van der Waals surface area contributed by atoms with Crippen molar-refractivity contribution in [2.75, 3.05) is 0 Å². The Labute approximate surface area is 127 Å². The van der Waals surface area contributed by atoms with E-state index in [4.69, 9.17) is 19.2 Å². The Morgan fingerprint density at radius 3 is 1.10 bits per heavy atom. The van der Waals surface area contributed by atoms with Crippen molar-refractivity contribution in [1.29, 1.82) is 0 Å². The minimum atomic E-state index is -5.39. The average Bonchev–Trinajstić information content (AvgIpc) is 0.722. The third-order valence-corrected chi connectivity index (χ3v) is 0. The van der Waals surface area contributed by atoms with Crippen LogP contribution >= 0.6 is 7.82 Å². The van der Waals surface area contributed by atoms with Gasteiger partial charge in [0.25, 0.3) is 0 Å².